The van der Waals surface area contributed by atoms with Gasteiger partial charge in [0, 0.05) is 16.4 Å². The second kappa shape index (κ2) is 7.14. The van der Waals surface area contributed by atoms with Gasteiger partial charge in [0.1, 0.15) is 12.6 Å². The molecule has 3 rings (SSSR count). The molecule has 0 radical (unpaired) electrons. The summed E-state index contributed by atoms with van der Waals surface area (Å²) in [6, 6.07) is 6.89. The number of amides is 2. The van der Waals surface area contributed by atoms with E-state index in [0.717, 1.165) is 21.1 Å². The number of hydrogen-bond acceptors (Lipinski definition) is 4. The summed E-state index contributed by atoms with van der Waals surface area (Å²) in [5, 5.41) is 1.57. The summed E-state index contributed by atoms with van der Waals surface area (Å²) < 4.78 is 0. The zero-order chi connectivity index (χ0) is 18.1. The fourth-order valence-electron chi connectivity index (χ4n) is 3.01. The summed E-state index contributed by atoms with van der Waals surface area (Å²) in [5.74, 6) is -0.108. The van der Waals surface area contributed by atoms with E-state index < -0.39 is 6.04 Å². The number of rotatable bonds is 4. The molecule has 0 N–H and O–H groups in total. The van der Waals surface area contributed by atoms with E-state index in [1.54, 1.807) is 34.1 Å². The lowest BCUT2D eigenvalue weighted by Gasteiger charge is -2.38. The van der Waals surface area contributed by atoms with Gasteiger partial charge >= 0.3 is 0 Å². The van der Waals surface area contributed by atoms with Gasteiger partial charge in [-0.25, -0.2) is 4.98 Å². The second-order valence-electron chi connectivity index (χ2n) is 6.22. The Morgan fingerprint density at radius 3 is 2.60 bits per heavy atom. The number of benzene rings is 1. The number of aromatic nitrogens is 1. The zero-order valence-corrected chi connectivity index (χ0v) is 16.0. The molecule has 0 aliphatic carbocycles. The summed E-state index contributed by atoms with van der Waals surface area (Å²) in [6.45, 7) is 6.51. The molecule has 1 saturated heterocycles. The summed E-state index contributed by atoms with van der Waals surface area (Å²) in [4.78, 5) is 34.0. The predicted octanol–water partition coefficient (Wildman–Crippen LogP) is 3.17. The molecule has 2 amide bonds. The molecule has 132 valence electrons. The maximum absolute atomic E-state index is 12.8. The average Bonchev–Trinajstić information content (AvgIpc) is 2.88. The molecule has 0 spiro atoms. The molecule has 1 aromatic heterocycles. The summed E-state index contributed by atoms with van der Waals surface area (Å²) in [6.07, 6.45) is 0. The molecule has 1 aliphatic rings. The Morgan fingerprint density at radius 2 is 1.96 bits per heavy atom. The van der Waals surface area contributed by atoms with Gasteiger partial charge in [0.05, 0.1) is 17.2 Å². The third kappa shape index (κ3) is 3.70. The Hall–Kier alpha value is -1.92. The number of hydrogen-bond donors (Lipinski definition) is 0. The smallest absolute Gasteiger partial charge is 0.245 e. The van der Waals surface area contributed by atoms with Gasteiger partial charge in [-0.1, -0.05) is 29.8 Å². The minimum absolute atomic E-state index is 0.0513. The van der Waals surface area contributed by atoms with Gasteiger partial charge in [0.25, 0.3) is 0 Å². The molecule has 7 heteroatoms. The minimum atomic E-state index is -0.495. The van der Waals surface area contributed by atoms with Crippen molar-refractivity contribution in [1.82, 2.24) is 14.8 Å². The standard InChI is InChI=1S/C18H20ClN3O2S/c1-11-16(25-13(3)20-11)9-22-12(2)18(24)21(10-17(22)23)8-14-6-4-5-7-15(14)19/h4-7,12H,8-10H2,1-3H3/t12-/m0/s1. The van der Waals surface area contributed by atoms with Crippen molar-refractivity contribution in [2.45, 2.75) is 39.9 Å². The van der Waals surface area contributed by atoms with Gasteiger partial charge in [0.2, 0.25) is 11.8 Å². The van der Waals surface area contributed by atoms with Crippen LogP contribution in [0.3, 0.4) is 0 Å². The summed E-state index contributed by atoms with van der Waals surface area (Å²) in [5.41, 5.74) is 1.77. The zero-order valence-electron chi connectivity index (χ0n) is 14.5. The predicted molar refractivity (Wildman–Crippen MR) is 98.5 cm³/mol. The van der Waals surface area contributed by atoms with Crippen molar-refractivity contribution < 1.29 is 9.59 Å². The van der Waals surface area contributed by atoms with Crippen LogP contribution in [0.5, 0.6) is 0 Å². The van der Waals surface area contributed by atoms with E-state index in [1.165, 1.54) is 0 Å². The van der Waals surface area contributed by atoms with Crippen molar-refractivity contribution in [3.05, 3.63) is 50.4 Å². The fourth-order valence-corrected chi connectivity index (χ4v) is 4.14. The van der Waals surface area contributed by atoms with E-state index in [4.69, 9.17) is 11.6 Å². The Bertz CT molecular complexity index is 820. The highest BCUT2D eigenvalue weighted by Crippen LogP contribution is 2.24. The third-order valence-electron chi connectivity index (χ3n) is 4.42. The van der Waals surface area contributed by atoms with Crippen LogP contribution in [-0.2, 0) is 22.7 Å². The van der Waals surface area contributed by atoms with Crippen molar-refractivity contribution >= 4 is 34.8 Å². The first-order valence-electron chi connectivity index (χ1n) is 8.11. The average molecular weight is 378 g/mol. The highest BCUT2D eigenvalue weighted by Gasteiger charge is 2.37. The SMILES string of the molecule is Cc1nc(C)c(CN2C(=O)CN(Cc3ccccc3Cl)C(=O)[C@@H]2C)s1. The van der Waals surface area contributed by atoms with Crippen LogP contribution in [0.1, 0.15) is 28.1 Å². The van der Waals surface area contributed by atoms with Gasteiger partial charge in [0.15, 0.2) is 0 Å². The number of halogens is 1. The normalized spacial score (nSPS) is 18.2. The first kappa shape index (κ1) is 17.9. The lowest BCUT2D eigenvalue weighted by Crippen LogP contribution is -2.58. The molecular weight excluding hydrogens is 358 g/mol. The van der Waals surface area contributed by atoms with Crippen LogP contribution < -0.4 is 0 Å². The Kier molecular flexibility index (Phi) is 5.11. The van der Waals surface area contributed by atoms with E-state index in [-0.39, 0.29) is 18.4 Å². The topological polar surface area (TPSA) is 53.5 Å². The van der Waals surface area contributed by atoms with Crippen molar-refractivity contribution in [3.8, 4) is 0 Å². The van der Waals surface area contributed by atoms with Gasteiger partial charge in [-0.3, -0.25) is 9.59 Å². The molecule has 5 nitrogen and oxygen atoms in total. The largest absolute Gasteiger partial charge is 0.327 e. The molecule has 2 heterocycles. The number of piperazine rings is 1. The number of carbonyl (C=O) groups excluding carboxylic acids is 2. The maximum atomic E-state index is 12.8. The van der Waals surface area contributed by atoms with E-state index in [9.17, 15) is 9.59 Å². The number of aryl methyl sites for hydroxylation is 2. The van der Waals surface area contributed by atoms with Gasteiger partial charge in [-0.05, 0) is 32.4 Å². The van der Waals surface area contributed by atoms with Gasteiger partial charge < -0.3 is 9.80 Å². The molecule has 0 bridgehead atoms. The first-order chi connectivity index (χ1) is 11.9. The molecular formula is C18H20ClN3O2S. The number of carbonyl (C=O) groups is 2. The van der Waals surface area contributed by atoms with Crippen LogP contribution in [0.2, 0.25) is 5.02 Å². The lowest BCUT2D eigenvalue weighted by atomic mass is 10.1. The van der Waals surface area contributed by atoms with Crippen molar-refractivity contribution in [1.29, 1.82) is 0 Å². The summed E-state index contributed by atoms with van der Waals surface area (Å²) in [7, 11) is 0. The van der Waals surface area contributed by atoms with Gasteiger partial charge in [-0.2, -0.15) is 0 Å². The molecule has 1 aromatic carbocycles. The Morgan fingerprint density at radius 1 is 1.24 bits per heavy atom. The highest BCUT2D eigenvalue weighted by atomic mass is 35.5. The Balaban J connectivity index is 1.75. The molecule has 0 unspecified atom stereocenters. The van der Waals surface area contributed by atoms with Crippen molar-refractivity contribution in [3.63, 3.8) is 0 Å². The van der Waals surface area contributed by atoms with Crippen LogP contribution in [0.25, 0.3) is 0 Å². The molecule has 25 heavy (non-hydrogen) atoms. The molecule has 0 saturated carbocycles. The van der Waals surface area contributed by atoms with Crippen LogP contribution in [0, 0.1) is 13.8 Å². The van der Waals surface area contributed by atoms with E-state index in [2.05, 4.69) is 4.98 Å². The van der Waals surface area contributed by atoms with Gasteiger partial charge in [-0.15, -0.1) is 11.3 Å². The Labute approximate surface area is 156 Å². The quantitative estimate of drug-likeness (QED) is 0.822. The third-order valence-corrected chi connectivity index (χ3v) is 5.84. The fraction of sp³-hybridized carbons (Fsp3) is 0.389. The first-order valence-corrected chi connectivity index (χ1v) is 9.31. The molecule has 1 aliphatic heterocycles. The number of thiazole rings is 1. The monoisotopic (exact) mass is 377 g/mol. The number of nitrogens with zero attached hydrogens (tertiary/aromatic N) is 3. The maximum Gasteiger partial charge on any atom is 0.245 e. The van der Waals surface area contributed by atoms with E-state index in [1.807, 2.05) is 32.0 Å². The van der Waals surface area contributed by atoms with Crippen LogP contribution in [-0.4, -0.2) is 39.2 Å². The van der Waals surface area contributed by atoms with E-state index in [0.29, 0.717) is 18.1 Å². The minimum Gasteiger partial charge on any atom is -0.327 e. The van der Waals surface area contributed by atoms with Crippen LogP contribution in [0.4, 0.5) is 0 Å². The van der Waals surface area contributed by atoms with Crippen molar-refractivity contribution in [2.24, 2.45) is 0 Å². The van der Waals surface area contributed by atoms with Crippen LogP contribution in [0.15, 0.2) is 24.3 Å². The molecule has 1 atom stereocenters. The van der Waals surface area contributed by atoms with E-state index >= 15 is 0 Å². The molecule has 2 aromatic rings. The highest BCUT2D eigenvalue weighted by molar-refractivity contribution is 7.11. The second-order valence-corrected chi connectivity index (χ2v) is 7.92. The molecule has 1 fully saturated rings. The summed E-state index contributed by atoms with van der Waals surface area (Å²) >= 11 is 7.75. The lowest BCUT2D eigenvalue weighted by molar-refractivity contribution is -0.156. The van der Waals surface area contributed by atoms with Crippen LogP contribution >= 0.6 is 22.9 Å². The van der Waals surface area contributed by atoms with Crippen molar-refractivity contribution in [2.75, 3.05) is 6.54 Å².